The SMILES string of the molecule is CC(C)(C)[Si](C[C@@H](O)[C@@H]1CCN1)(C(C)(C)C)C(C)(C)C. The van der Waals surface area contributed by atoms with Crippen LogP contribution in [-0.4, -0.2) is 31.9 Å². The Morgan fingerprint density at radius 2 is 1.30 bits per heavy atom. The van der Waals surface area contributed by atoms with Crippen LogP contribution < -0.4 is 5.32 Å². The van der Waals surface area contributed by atoms with Crippen LogP contribution in [-0.2, 0) is 0 Å². The Labute approximate surface area is 127 Å². The average molecular weight is 300 g/mol. The minimum absolute atomic E-state index is 0.187. The van der Waals surface area contributed by atoms with Crippen LogP contribution in [0, 0.1) is 0 Å². The second-order valence-corrected chi connectivity index (χ2v) is 16.5. The standard InChI is InChI=1S/C17H37NOSi/c1-15(2,3)20(16(4,5)6,17(7,8)9)12-14(19)13-10-11-18-13/h13-14,18-19H,10-12H2,1-9H3/t13-,14+/m0/s1. The van der Waals surface area contributed by atoms with E-state index in [0.717, 1.165) is 19.0 Å². The van der Waals surface area contributed by atoms with Gasteiger partial charge in [0, 0.05) is 6.04 Å². The lowest BCUT2D eigenvalue weighted by Gasteiger charge is -2.61. The first-order valence-electron chi connectivity index (χ1n) is 8.15. The molecule has 0 spiro atoms. The molecule has 3 heteroatoms. The first-order chi connectivity index (χ1) is 8.74. The summed E-state index contributed by atoms with van der Waals surface area (Å²) >= 11 is 0. The molecule has 2 N–H and O–H groups in total. The lowest BCUT2D eigenvalue weighted by molar-refractivity contribution is 0.107. The van der Waals surface area contributed by atoms with Crippen LogP contribution in [0.1, 0.15) is 68.7 Å². The zero-order valence-electron chi connectivity index (χ0n) is 15.2. The molecule has 20 heavy (non-hydrogen) atoms. The van der Waals surface area contributed by atoms with Crippen LogP contribution >= 0.6 is 0 Å². The van der Waals surface area contributed by atoms with Gasteiger partial charge in [-0.15, -0.1) is 0 Å². The summed E-state index contributed by atoms with van der Waals surface area (Å²) < 4.78 is 0. The van der Waals surface area contributed by atoms with Crippen LogP contribution in [0.3, 0.4) is 0 Å². The van der Waals surface area contributed by atoms with Gasteiger partial charge in [-0.25, -0.2) is 0 Å². The summed E-state index contributed by atoms with van der Waals surface area (Å²) in [6, 6.07) is 1.33. The highest BCUT2D eigenvalue weighted by Gasteiger charge is 2.60. The molecule has 0 unspecified atom stereocenters. The molecule has 120 valence electrons. The molecule has 2 nitrogen and oxygen atoms in total. The first kappa shape index (κ1) is 18.2. The molecule has 0 amide bonds. The third kappa shape index (κ3) is 3.00. The summed E-state index contributed by atoms with van der Waals surface area (Å²) in [6.45, 7) is 22.7. The number of rotatable bonds is 3. The molecule has 1 heterocycles. The fourth-order valence-electron chi connectivity index (χ4n) is 5.39. The van der Waals surface area contributed by atoms with Crippen molar-refractivity contribution in [1.82, 2.24) is 5.32 Å². The quantitative estimate of drug-likeness (QED) is 0.749. The topological polar surface area (TPSA) is 32.3 Å². The van der Waals surface area contributed by atoms with E-state index in [1.54, 1.807) is 0 Å². The van der Waals surface area contributed by atoms with E-state index in [9.17, 15) is 5.11 Å². The third-order valence-electron chi connectivity index (χ3n) is 5.68. The normalized spacial score (nSPS) is 23.4. The molecule has 2 atom stereocenters. The predicted octanol–water partition coefficient (Wildman–Crippen LogP) is 4.56. The smallest absolute Gasteiger partial charge is 0.0723 e. The monoisotopic (exact) mass is 299 g/mol. The Morgan fingerprint density at radius 1 is 0.950 bits per heavy atom. The molecule has 1 saturated heterocycles. The molecule has 0 bridgehead atoms. The van der Waals surface area contributed by atoms with Crippen molar-refractivity contribution in [1.29, 1.82) is 0 Å². The van der Waals surface area contributed by atoms with Crippen molar-refractivity contribution >= 4 is 8.07 Å². The van der Waals surface area contributed by atoms with Gasteiger partial charge in [0.2, 0.25) is 0 Å². The number of hydrogen-bond donors (Lipinski definition) is 2. The predicted molar refractivity (Wildman–Crippen MR) is 92.1 cm³/mol. The fraction of sp³-hybridized carbons (Fsp3) is 1.00. The van der Waals surface area contributed by atoms with E-state index in [-0.39, 0.29) is 21.2 Å². The Bertz CT molecular complexity index is 292. The summed E-state index contributed by atoms with van der Waals surface area (Å²) in [6.07, 6.45) is 0.942. The van der Waals surface area contributed by atoms with Crippen LogP contribution in [0.15, 0.2) is 0 Å². The molecule has 1 fully saturated rings. The van der Waals surface area contributed by atoms with Gasteiger partial charge in [-0.1, -0.05) is 62.3 Å². The zero-order valence-corrected chi connectivity index (χ0v) is 16.2. The third-order valence-corrected chi connectivity index (χ3v) is 14.4. The van der Waals surface area contributed by atoms with Gasteiger partial charge in [-0.05, 0) is 34.1 Å². The number of aliphatic hydroxyl groups excluding tert-OH is 1. The molecule has 0 saturated carbocycles. The molecular formula is C17H37NOSi. The van der Waals surface area contributed by atoms with Gasteiger partial charge >= 0.3 is 0 Å². The molecule has 0 radical (unpaired) electrons. The van der Waals surface area contributed by atoms with Crippen LogP contribution in [0.4, 0.5) is 0 Å². The van der Waals surface area contributed by atoms with Gasteiger partial charge in [-0.3, -0.25) is 0 Å². The van der Waals surface area contributed by atoms with E-state index in [4.69, 9.17) is 0 Å². The summed E-state index contributed by atoms with van der Waals surface area (Å²) in [7, 11) is -1.80. The molecule has 1 rings (SSSR count). The van der Waals surface area contributed by atoms with Crippen molar-refractivity contribution in [2.45, 2.75) is 102 Å². The summed E-state index contributed by atoms with van der Waals surface area (Å²) in [4.78, 5) is 0. The average Bonchev–Trinajstić information content (AvgIpc) is 2.04. The molecule has 1 aliphatic heterocycles. The fourth-order valence-corrected chi connectivity index (χ4v) is 14.9. The first-order valence-corrected chi connectivity index (χ1v) is 10.4. The summed E-state index contributed by atoms with van der Waals surface area (Å²) in [5.41, 5.74) is 0. The molecule has 0 aromatic carbocycles. The minimum Gasteiger partial charge on any atom is -0.392 e. The lowest BCUT2D eigenvalue weighted by Crippen LogP contribution is -2.62. The molecule has 0 aliphatic carbocycles. The summed E-state index contributed by atoms with van der Waals surface area (Å²) in [5.74, 6) is 0. The van der Waals surface area contributed by atoms with E-state index in [2.05, 4.69) is 67.6 Å². The van der Waals surface area contributed by atoms with E-state index >= 15 is 0 Å². The van der Waals surface area contributed by atoms with Crippen molar-refractivity contribution in [3.05, 3.63) is 0 Å². The number of nitrogens with one attached hydrogen (secondary N) is 1. The van der Waals surface area contributed by atoms with Crippen LogP contribution in [0.2, 0.25) is 21.2 Å². The van der Waals surface area contributed by atoms with Crippen molar-refractivity contribution in [3.8, 4) is 0 Å². The minimum atomic E-state index is -1.80. The largest absolute Gasteiger partial charge is 0.392 e. The van der Waals surface area contributed by atoms with Crippen LogP contribution in [0.25, 0.3) is 0 Å². The van der Waals surface area contributed by atoms with Gasteiger partial charge in [0.25, 0.3) is 0 Å². The highest BCUT2D eigenvalue weighted by Crippen LogP contribution is 2.64. The van der Waals surface area contributed by atoms with Crippen molar-refractivity contribution in [2.24, 2.45) is 0 Å². The maximum Gasteiger partial charge on any atom is 0.0723 e. The Hall–Kier alpha value is 0.137. The molecular weight excluding hydrogens is 262 g/mol. The van der Waals surface area contributed by atoms with Crippen molar-refractivity contribution in [2.75, 3.05) is 6.54 Å². The highest BCUT2D eigenvalue weighted by molar-refractivity contribution is 6.87. The van der Waals surface area contributed by atoms with Crippen LogP contribution in [0.5, 0.6) is 0 Å². The van der Waals surface area contributed by atoms with Gasteiger partial charge < -0.3 is 10.4 Å². The highest BCUT2D eigenvalue weighted by atomic mass is 28.3. The van der Waals surface area contributed by atoms with E-state index in [1.165, 1.54) is 0 Å². The van der Waals surface area contributed by atoms with Gasteiger partial charge in [0.05, 0.1) is 14.2 Å². The van der Waals surface area contributed by atoms with E-state index < -0.39 is 8.07 Å². The zero-order chi connectivity index (χ0) is 16.0. The Kier molecular flexibility index (Phi) is 4.91. The summed E-state index contributed by atoms with van der Waals surface area (Å²) in [5, 5.41) is 15.0. The number of hydrogen-bond acceptors (Lipinski definition) is 2. The van der Waals surface area contributed by atoms with Gasteiger partial charge in [0.1, 0.15) is 0 Å². The molecule has 1 aliphatic rings. The van der Waals surface area contributed by atoms with E-state index in [1.807, 2.05) is 0 Å². The van der Waals surface area contributed by atoms with Gasteiger partial charge in [0.15, 0.2) is 0 Å². The van der Waals surface area contributed by atoms with Crippen molar-refractivity contribution in [3.63, 3.8) is 0 Å². The maximum absolute atomic E-state index is 10.8. The van der Waals surface area contributed by atoms with Crippen molar-refractivity contribution < 1.29 is 5.11 Å². The Balaban J connectivity index is 3.23. The second-order valence-electron chi connectivity index (χ2n) is 9.78. The van der Waals surface area contributed by atoms with E-state index in [0.29, 0.717) is 6.04 Å². The molecule has 0 aromatic rings. The second kappa shape index (κ2) is 5.40. The molecule has 0 aromatic heterocycles. The Morgan fingerprint density at radius 3 is 1.50 bits per heavy atom. The number of aliphatic hydroxyl groups is 1. The lowest BCUT2D eigenvalue weighted by atomic mass is 10.0. The maximum atomic E-state index is 10.8. The van der Waals surface area contributed by atoms with Gasteiger partial charge in [-0.2, -0.15) is 0 Å².